The van der Waals surface area contributed by atoms with E-state index in [1.54, 1.807) is 12.3 Å². The minimum atomic E-state index is -0.480. The Hall–Kier alpha value is -1.13. The molecule has 1 aromatic rings. The van der Waals surface area contributed by atoms with E-state index in [1.807, 2.05) is 6.07 Å². The second-order valence-corrected chi connectivity index (χ2v) is 4.17. The van der Waals surface area contributed by atoms with Crippen molar-refractivity contribution in [1.82, 2.24) is 10.4 Å². The predicted molar refractivity (Wildman–Crippen MR) is 57.1 cm³/mol. The predicted octanol–water partition coefficient (Wildman–Crippen LogP) is 1.15. The Kier molecular flexibility index (Phi) is 2.63. The lowest BCUT2D eigenvalue weighted by Crippen LogP contribution is -2.51. The molecule has 0 aromatic carbocycles. The molecule has 0 radical (unpaired) electrons. The Morgan fingerprint density at radius 2 is 2.27 bits per heavy atom. The first-order chi connectivity index (χ1) is 7.19. The van der Waals surface area contributed by atoms with E-state index in [2.05, 4.69) is 10.4 Å². The van der Waals surface area contributed by atoms with E-state index in [9.17, 15) is 4.79 Å². The number of hydrogen-bond acceptors (Lipinski definition) is 3. The highest BCUT2D eigenvalue weighted by molar-refractivity contribution is 6.29. The van der Waals surface area contributed by atoms with Crippen molar-refractivity contribution in [3.05, 3.63) is 29.0 Å². The van der Waals surface area contributed by atoms with Gasteiger partial charge in [-0.2, -0.15) is 0 Å². The molecular formula is C10H12ClN3O. The maximum Gasteiger partial charge on any atom is 0.244 e. The molecule has 80 valence electrons. The fourth-order valence-electron chi connectivity index (χ4n) is 1.97. The first-order valence-electron chi connectivity index (χ1n) is 4.82. The molecule has 1 fully saturated rings. The zero-order valence-electron chi connectivity index (χ0n) is 8.16. The number of nitrogens with two attached hydrogens (primary N) is 1. The van der Waals surface area contributed by atoms with Crippen molar-refractivity contribution in [2.45, 2.75) is 24.7 Å². The second-order valence-electron chi connectivity index (χ2n) is 3.78. The van der Waals surface area contributed by atoms with Gasteiger partial charge in [-0.3, -0.25) is 10.2 Å². The first kappa shape index (κ1) is 10.4. The van der Waals surface area contributed by atoms with Gasteiger partial charge in [0.15, 0.2) is 0 Å². The lowest BCUT2D eigenvalue weighted by molar-refractivity contribution is -0.130. The number of nitrogens with zero attached hydrogens (tertiary/aromatic N) is 1. The molecule has 0 bridgehead atoms. The van der Waals surface area contributed by atoms with Gasteiger partial charge < -0.3 is 0 Å². The summed E-state index contributed by atoms with van der Waals surface area (Å²) in [5.41, 5.74) is 2.63. The van der Waals surface area contributed by atoms with Crippen LogP contribution in [0.5, 0.6) is 0 Å². The van der Waals surface area contributed by atoms with Gasteiger partial charge in [-0.15, -0.1) is 0 Å². The second kappa shape index (κ2) is 3.79. The van der Waals surface area contributed by atoms with Gasteiger partial charge in [0, 0.05) is 6.20 Å². The third kappa shape index (κ3) is 1.60. The maximum atomic E-state index is 11.7. The molecule has 1 aliphatic carbocycles. The van der Waals surface area contributed by atoms with Crippen molar-refractivity contribution < 1.29 is 4.79 Å². The van der Waals surface area contributed by atoms with E-state index in [4.69, 9.17) is 17.4 Å². The molecule has 0 unspecified atom stereocenters. The van der Waals surface area contributed by atoms with Crippen LogP contribution in [-0.2, 0) is 10.2 Å². The molecule has 2 rings (SSSR count). The van der Waals surface area contributed by atoms with Crippen LogP contribution >= 0.6 is 11.6 Å². The summed E-state index contributed by atoms with van der Waals surface area (Å²) in [6.45, 7) is 0. The SMILES string of the molecule is NNC(=O)C1(c2ccc(Cl)nc2)CCC1. The molecule has 1 aliphatic rings. The van der Waals surface area contributed by atoms with Gasteiger partial charge in [-0.25, -0.2) is 10.8 Å². The fraction of sp³-hybridized carbons (Fsp3) is 0.400. The summed E-state index contributed by atoms with van der Waals surface area (Å²) in [5, 5.41) is 0.432. The summed E-state index contributed by atoms with van der Waals surface area (Å²) in [7, 11) is 0. The molecule has 0 atom stereocenters. The molecular weight excluding hydrogens is 214 g/mol. The van der Waals surface area contributed by atoms with Crippen LogP contribution < -0.4 is 11.3 Å². The van der Waals surface area contributed by atoms with Crippen molar-refractivity contribution in [1.29, 1.82) is 0 Å². The monoisotopic (exact) mass is 225 g/mol. The van der Waals surface area contributed by atoms with Crippen molar-refractivity contribution >= 4 is 17.5 Å². The molecule has 15 heavy (non-hydrogen) atoms. The number of nitrogens with one attached hydrogen (secondary N) is 1. The lowest BCUT2D eigenvalue weighted by atomic mass is 9.64. The third-order valence-electron chi connectivity index (χ3n) is 3.05. The Bertz CT molecular complexity index is 373. The molecule has 1 saturated carbocycles. The van der Waals surface area contributed by atoms with Crippen molar-refractivity contribution in [3.63, 3.8) is 0 Å². The highest BCUT2D eigenvalue weighted by Gasteiger charge is 2.45. The largest absolute Gasteiger partial charge is 0.293 e. The first-order valence-corrected chi connectivity index (χ1v) is 5.20. The number of pyridine rings is 1. The highest BCUT2D eigenvalue weighted by atomic mass is 35.5. The summed E-state index contributed by atoms with van der Waals surface area (Å²) in [6.07, 6.45) is 4.32. The Balaban J connectivity index is 2.34. The fourth-order valence-corrected chi connectivity index (χ4v) is 2.09. The van der Waals surface area contributed by atoms with Crippen molar-refractivity contribution in [2.24, 2.45) is 5.84 Å². The lowest BCUT2D eigenvalue weighted by Gasteiger charge is -2.39. The Morgan fingerprint density at radius 3 is 2.67 bits per heavy atom. The topological polar surface area (TPSA) is 68.0 Å². The standard InChI is InChI=1S/C10H12ClN3O/c11-8-3-2-7(6-13-8)10(4-1-5-10)9(15)14-12/h2-3,6H,1,4-5,12H2,(H,14,15). The minimum Gasteiger partial charge on any atom is -0.293 e. The molecule has 0 spiro atoms. The maximum absolute atomic E-state index is 11.7. The number of halogens is 1. The van der Waals surface area contributed by atoms with E-state index < -0.39 is 5.41 Å². The molecule has 5 heteroatoms. The number of carbonyl (C=O) groups excluding carboxylic acids is 1. The summed E-state index contributed by atoms with van der Waals surface area (Å²) in [5.74, 6) is 5.05. The van der Waals surface area contributed by atoms with Crippen LogP contribution in [0.1, 0.15) is 24.8 Å². The average molecular weight is 226 g/mol. The number of rotatable bonds is 2. The van der Waals surface area contributed by atoms with Crippen molar-refractivity contribution in [3.8, 4) is 0 Å². The van der Waals surface area contributed by atoms with Crippen LogP contribution in [0.15, 0.2) is 18.3 Å². The van der Waals surface area contributed by atoms with Gasteiger partial charge in [0.05, 0.1) is 5.41 Å². The number of hydrazine groups is 1. The molecule has 4 nitrogen and oxygen atoms in total. The zero-order valence-corrected chi connectivity index (χ0v) is 8.92. The number of amides is 1. The van der Waals surface area contributed by atoms with Crippen molar-refractivity contribution in [2.75, 3.05) is 0 Å². The van der Waals surface area contributed by atoms with Gasteiger partial charge in [-0.05, 0) is 24.5 Å². The smallest absolute Gasteiger partial charge is 0.244 e. The average Bonchev–Trinajstić information content (AvgIpc) is 2.19. The zero-order chi connectivity index (χ0) is 10.9. The summed E-state index contributed by atoms with van der Waals surface area (Å²) < 4.78 is 0. The normalized spacial score (nSPS) is 18.0. The summed E-state index contributed by atoms with van der Waals surface area (Å²) in [6, 6.07) is 3.53. The van der Waals surface area contributed by atoms with Crippen LogP contribution in [0.25, 0.3) is 0 Å². The van der Waals surface area contributed by atoms with Crippen LogP contribution in [0, 0.1) is 0 Å². The number of hydrogen-bond donors (Lipinski definition) is 2. The Morgan fingerprint density at radius 1 is 1.53 bits per heavy atom. The highest BCUT2D eigenvalue weighted by Crippen LogP contribution is 2.43. The molecule has 0 aliphatic heterocycles. The van der Waals surface area contributed by atoms with Gasteiger partial charge in [0.1, 0.15) is 5.15 Å². The molecule has 0 saturated heterocycles. The molecule has 1 amide bonds. The van der Waals surface area contributed by atoms with Gasteiger partial charge in [0.25, 0.3) is 0 Å². The van der Waals surface area contributed by atoms with Crippen LogP contribution in [0.4, 0.5) is 0 Å². The van der Waals surface area contributed by atoms with Gasteiger partial charge >= 0.3 is 0 Å². The van der Waals surface area contributed by atoms with Crippen LogP contribution in [0.2, 0.25) is 5.15 Å². The van der Waals surface area contributed by atoms with E-state index >= 15 is 0 Å². The minimum absolute atomic E-state index is 0.141. The third-order valence-corrected chi connectivity index (χ3v) is 3.28. The number of carbonyl (C=O) groups is 1. The van der Waals surface area contributed by atoms with E-state index in [1.165, 1.54) is 0 Å². The van der Waals surface area contributed by atoms with E-state index in [0.29, 0.717) is 5.15 Å². The van der Waals surface area contributed by atoms with E-state index in [-0.39, 0.29) is 5.91 Å². The summed E-state index contributed by atoms with van der Waals surface area (Å²) >= 11 is 5.70. The number of aromatic nitrogens is 1. The van der Waals surface area contributed by atoms with E-state index in [0.717, 1.165) is 24.8 Å². The van der Waals surface area contributed by atoms with Crippen LogP contribution in [-0.4, -0.2) is 10.9 Å². The Labute approximate surface area is 92.8 Å². The molecule has 1 aromatic heterocycles. The van der Waals surface area contributed by atoms with Gasteiger partial charge in [0.2, 0.25) is 5.91 Å². The molecule has 1 heterocycles. The summed E-state index contributed by atoms with van der Waals surface area (Å²) in [4.78, 5) is 15.7. The molecule has 3 N–H and O–H groups in total. The van der Waals surface area contributed by atoms with Gasteiger partial charge in [-0.1, -0.05) is 24.1 Å². The van der Waals surface area contributed by atoms with Crippen LogP contribution in [0.3, 0.4) is 0 Å². The quantitative estimate of drug-likeness (QED) is 0.343.